The summed E-state index contributed by atoms with van der Waals surface area (Å²) in [5, 5.41) is 3.22. The number of hydrogen-bond acceptors (Lipinski definition) is 3. The monoisotopic (exact) mass is 287 g/mol. The summed E-state index contributed by atoms with van der Waals surface area (Å²) in [6.07, 6.45) is 0.732. The average Bonchev–Trinajstić information content (AvgIpc) is 2.63. The molecule has 1 saturated heterocycles. The van der Waals surface area contributed by atoms with Crippen molar-refractivity contribution in [1.82, 2.24) is 10.2 Å². The lowest BCUT2D eigenvalue weighted by atomic mass is 10.1. The Morgan fingerprint density at radius 2 is 2.21 bits per heavy atom. The fourth-order valence-corrected chi connectivity index (χ4v) is 4.03. The topological polar surface area (TPSA) is 61.8 Å². The van der Waals surface area contributed by atoms with Crippen LogP contribution < -0.4 is 5.32 Å². The Morgan fingerprint density at radius 3 is 2.68 bits per heavy atom. The normalized spacial score (nSPS) is 22.3. The molecule has 1 heterocycles. The molecule has 0 amide bonds. The lowest BCUT2D eigenvalue weighted by Crippen LogP contribution is -2.40. The van der Waals surface area contributed by atoms with Gasteiger partial charge in [-0.1, -0.05) is 12.2 Å². The Kier molecular flexibility index (Phi) is 5.85. The molecular weight excluding hydrogens is 262 g/mol. The molecule has 1 unspecified atom stereocenters. The van der Waals surface area contributed by atoms with Crippen LogP contribution >= 0.6 is 0 Å². The first-order chi connectivity index (χ1) is 8.84. The maximum Gasteiger partial charge on any atom is 0.193 e. The Bertz CT molecular complexity index is 443. The number of hydrogen-bond donors (Lipinski definition) is 1. The summed E-state index contributed by atoms with van der Waals surface area (Å²) >= 11 is 0. The zero-order chi connectivity index (χ0) is 14.5. The van der Waals surface area contributed by atoms with E-state index in [1.165, 1.54) is 0 Å². The smallest absolute Gasteiger partial charge is 0.193 e. The van der Waals surface area contributed by atoms with E-state index in [0.717, 1.165) is 31.0 Å². The summed E-state index contributed by atoms with van der Waals surface area (Å²) in [6, 6.07) is 0. The average molecular weight is 287 g/mol. The van der Waals surface area contributed by atoms with E-state index >= 15 is 0 Å². The first-order valence-corrected chi connectivity index (χ1v) is 8.50. The molecule has 5 nitrogen and oxygen atoms in total. The van der Waals surface area contributed by atoms with Crippen molar-refractivity contribution in [3.63, 3.8) is 0 Å². The van der Waals surface area contributed by atoms with Gasteiger partial charge in [0, 0.05) is 26.7 Å². The Labute approximate surface area is 116 Å². The number of aliphatic imine (C=N–C) groups is 1. The first-order valence-electron chi connectivity index (χ1n) is 6.68. The highest BCUT2D eigenvalue weighted by Gasteiger charge is 2.27. The molecular formula is C13H25N3O2S. The van der Waals surface area contributed by atoms with E-state index in [2.05, 4.69) is 16.9 Å². The van der Waals surface area contributed by atoms with Gasteiger partial charge in [0.15, 0.2) is 15.8 Å². The maximum absolute atomic E-state index is 11.4. The van der Waals surface area contributed by atoms with Gasteiger partial charge in [0.1, 0.15) is 0 Å². The summed E-state index contributed by atoms with van der Waals surface area (Å²) in [4.78, 5) is 6.55. The number of sulfone groups is 1. The van der Waals surface area contributed by atoms with Crippen LogP contribution in [0.2, 0.25) is 0 Å². The molecule has 1 atom stereocenters. The van der Waals surface area contributed by atoms with E-state index in [1.54, 1.807) is 0 Å². The number of nitrogens with zero attached hydrogens (tertiary/aromatic N) is 2. The standard InChI is InChI=1S/C13H25N3O2S/c1-5-14-13(16(4)9-11(2)3)15-8-12-6-7-19(17,18)10-12/h12H,2,5-10H2,1,3-4H3,(H,14,15). The van der Waals surface area contributed by atoms with Crippen LogP contribution in [0, 0.1) is 5.92 Å². The van der Waals surface area contributed by atoms with Crippen molar-refractivity contribution in [2.45, 2.75) is 20.3 Å². The van der Waals surface area contributed by atoms with Gasteiger partial charge in [0.2, 0.25) is 0 Å². The fourth-order valence-electron chi connectivity index (χ4n) is 2.18. The Balaban J connectivity index is 2.60. The molecule has 0 saturated carbocycles. The van der Waals surface area contributed by atoms with Gasteiger partial charge in [-0.2, -0.15) is 0 Å². The number of rotatable bonds is 5. The SMILES string of the molecule is C=C(C)CN(C)C(=NCC1CCS(=O)(=O)C1)NCC. The largest absolute Gasteiger partial charge is 0.357 e. The van der Waals surface area contributed by atoms with Crippen LogP contribution in [-0.2, 0) is 9.84 Å². The second-order valence-corrected chi connectivity index (χ2v) is 7.51. The van der Waals surface area contributed by atoms with Crippen molar-refractivity contribution in [3.8, 4) is 0 Å². The molecule has 0 aromatic rings. The van der Waals surface area contributed by atoms with Crippen LogP contribution in [0.5, 0.6) is 0 Å². The van der Waals surface area contributed by atoms with Gasteiger partial charge < -0.3 is 10.2 Å². The predicted octanol–water partition coefficient (Wildman–Crippen LogP) is 0.895. The molecule has 6 heteroatoms. The third kappa shape index (κ3) is 5.63. The zero-order valence-electron chi connectivity index (χ0n) is 12.1. The zero-order valence-corrected chi connectivity index (χ0v) is 13.0. The summed E-state index contributed by atoms with van der Waals surface area (Å²) in [5.41, 5.74) is 1.07. The van der Waals surface area contributed by atoms with E-state index < -0.39 is 9.84 Å². The molecule has 1 aliphatic heterocycles. The molecule has 0 spiro atoms. The molecule has 0 aromatic carbocycles. The first kappa shape index (κ1) is 16.0. The van der Waals surface area contributed by atoms with Crippen LogP contribution in [-0.4, -0.2) is 57.5 Å². The van der Waals surface area contributed by atoms with Gasteiger partial charge in [-0.15, -0.1) is 0 Å². The molecule has 0 bridgehead atoms. The third-order valence-corrected chi connectivity index (χ3v) is 4.87. The predicted molar refractivity (Wildman–Crippen MR) is 80.2 cm³/mol. The lowest BCUT2D eigenvalue weighted by molar-refractivity contribution is 0.513. The minimum absolute atomic E-state index is 0.164. The van der Waals surface area contributed by atoms with E-state index in [-0.39, 0.29) is 11.7 Å². The minimum Gasteiger partial charge on any atom is -0.357 e. The van der Waals surface area contributed by atoms with Crippen LogP contribution in [0.15, 0.2) is 17.1 Å². The van der Waals surface area contributed by atoms with Gasteiger partial charge in [-0.3, -0.25) is 4.99 Å². The minimum atomic E-state index is -2.81. The van der Waals surface area contributed by atoms with Crippen molar-refractivity contribution in [2.75, 3.05) is 38.2 Å². The number of guanidine groups is 1. The van der Waals surface area contributed by atoms with Crippen LogP contribution in [0.4, 0.5) is 0 Å². The molecule has 1 N–H and O–H groups in total. The number of likely N-dealkylation sites (N-methyl/N-ethyl adjacent to an activating group) is 1. The van der Waals surface area contributed by atoms with Crippen LogP contribution in [0.1, 0.15) is 20.3 Å². The quantitative estimate of drug-likeness (QED) is 0.463. The molecule has 1 fully saturated rings. The molecule has 1 aliphatic rings. The highest BCUT2D eigenvalue weighted by molar-refractivity contribution is 7.91. The maximum atomic E-state index is 11.4. The van der Waals surface area contributed by atoms with Crippen molar-refractivity contribution in [1.29, 1.82) is 0 Å². The third-order valence-electron chi connectivity index (χ3n) is 3.03. The summed E-state index contributed by atoms with van der Waals surface area (Å²) in [6.45, 7) is 9.99. The highest BCUT2D eigenvalue weighted by atomic mass is 32.2. The van der Waals surface area contributed by atoms with Crippen molar-refractivity contribution in [3.05, 3.63) is 12.2 Å². The Morgan fingerprint density at radius 1 is 1.53 bits per heavy atom. The molecule has 0 radical (unpaired) electrons. The molecule has 19 heavy (non-hydrogen) atoms. The van der Waals surface area contributed by atoms with E-state index in [0.29, 0.717) is 12.3 Å². The highest BCUT2D eigenvalue weighted by Crippen LogP contribution is 2.18. The van der Waals surface area contributed by atoms with Crippen molar-refractivity contribution < 1.29 is 8.42 Å². The lowest BCUT2D eigenvalue weighted by Gasteiger charge is -2.22. The van der Waals surface area contributed by atoms with E-state index in [9.17, 15) is 8.42 Å². The summed E-state index contributed by atoms with van der Waals surface area (Å²) < 4.78 is 22.8. The van der Waals surface area contributed by atoms with Crippen LogP contribution in [0.3, 0.4) is 0 Å². The summed E-state index contributed by atoms with van der Waals surface area (Å²) in [5.74, 6) is 1.57. The second kappa shape index (κ2) is 6.93. The van der Waals surface area contributed by atoms with Crippen LogP contribution in [0.25, 0.3) is 0 Å². The molecule has 110 valence electrons. The van der Waals surface area contributed by atoms with Crippen molar-refractivity contribution in [2.24, 2.45) is 10.9 Å². The molecule has 0 aliphatic carbocycles. The van der Waals surface area contributed by atoms with Gasteiger partial charge in [-0.05, 0) is 26.2 Å². The van der Waals surface area contributed by atoms with Gasteiger partial charge in [-0.25, -0.2) is 8.42 Å². The molecule has 0 aromatic heterocycles. The second-order valence-electron chi connectivity index (χ2n) is 5.28. The summed E-state index contributed by atoms with van der Waals surface area (Å²) in [7, 11) is -0.852. The molecule has 1 rings (SSSR count). The van der Waals surface area contributed by atoms with Gasteiger partial charge in [0.05, 0.1) is 11.5 Å². The number of nitrogens with one attached hydrogen (secondary N) is 1. The van der Waals surface area contributed by atoms with Gasteiger partial charge >= 0.3 is 0 Å². The van der Waals surface area contributed by atoms with Crippen molar-refractivity contribution >= 4 is 15.8 Å². The van der Waals surface area contributed by atoms with E-state index in [4.69, 9.17) is 0 Å². The van der Waals surface area contributed by atoms with E-state index in [1.807, 2.05) is 25.8 Å². The fraction of sp³-hybridized carbons (Fsp3) is 0.769. The Hall–Kier alpha value is -1.04. The van der Waals surface area contributed by atoms with Gasteiger partial charge in [0.25, 0.3) is 0 Å².